The molecule has 72 valence electrons. The van der Waals surface area contributed by atoms with E-state index < -0.39 is 0 Å². The molecular weight excluding hydrogens is 176 g/mol. The van der Waals surface area contributed by atoms with Gasteiger partial charge in [-0.1, -0.05) is 0 Å². The van der Waals surface area contributed by atoms with Crippen LogP contribution >= 0.6 is 0 Å². The Hall–Kier alpha value is -1.51. The quantitative estimate of drug-likeness (QED) is 0.744. The van der Waals surface area contributed by atoms with Crippen molar-refractivity contribution in [3.63, 3.8) is 0 Å². The first-order valence-corrected chi connectivity index (χ1v) is 4.91. The van der Waals surface area contributed by atoms with Gasteiger partial charge in [0.1, 0.15) is 5.75 Å². The second kappa shape index (κ2) is 2.50. The molecule has 14 heavy (non-hydrogen) atoms. The van der Waals surface area contributed by atoms with E-state index in [1.165, 1.54) is 18.5 Å². The van der Waals surface area contributed by atoms with Gasteiger partial charge in [-0.25, -0.2) is 0 Å². The van der Waals surface area contributed by atoms with E-state index >= 15 is 0 Å². The highest BCUT2D eigenvalue weighted by atomic mass is 16.3. The summed E-state index contributed by atoms with van der Waals surface area (Å²) in [6, 6.07) is 5.37. The number of nitrogens with zero attached hydrogens (tertiary/aromatic N) is 2. The second-order valence-corrected chi connectivity index (χ2v) is 3.98. The van der Waals surface area contributed by atoms with Gasteiger partial charge in [-0.05, 0) is 31.0 Å². The normalized spacial score (nSPS) is 16.4. The molecule has 0 aliphatic heterocycles. The van der Waals surface area contributed by atoms with Crippen LogP contribution in [0.3, 0.4) is 0 Å². The summed E-state index contributed by atoms with van der Waals surface area (Å²) in [5, 5.41) is 15.0. The van der Waals surface area contributed by atoms with E-state index in [2.05, 4.69) is 5.10 Å². The van der Waals surface area contributed by atoms with Gasteiger partial charge in [0.2, 0.25) is 0 Å². The molecule has 0 radical (unpaired) electrons. The number of phenols is 1. The highest BCUT2D eigenvalue weighted by Gasteiger charge is 2.28. The highest BCUT2D eigenvalue weighted by Crippen LogP contribution is 2.43. The molecule has 1 heterocycles. The first kappa shape index (κ1) is 7.85. The molecule has 1 aliphatic rings. The Bertz CT molecular complexity index is 497. The van der Waals surface area contributed by atoms with Crippen LogP contribution in [0.2, 0.25) is 0 Å². The summed E-state index contributed by atoms with van der Waals surface area (Å²) in [4.78, 5) is 0. The van der Waals surface area contributed by atoms with Crippen molar-refractivity contribution in [2.75, 3.05) is 0 Å². The molecule has 3 nitrogen and oxygen atoms in total. The predicted octanol–water partition coefficient (Wildman–Crippen LogP) is 2.16. The third-order valence-electron chi connectivity index (χ3n) is 2.83. The number of aryl methyl sites for hydroxylation is 1. The van der Waals surface area contributed by atoms with Crippen molar-refractivity contribution in [3.8, 4) is 5.75 Å². The molecule has 0 amide bonds. The van der Waals surface area contributed by atoms with Gasteiger partial charge < -0.3 is 5.11 Å². The zero-order valence-corrected chi connectivity index (χ0v) is 8.07. The minimum absolute atomic E-state index is 0.326. The summed E-state index contributed by atoms with van der Waals surface area (Å²) in [6.07, 6.45) is 2.51. The maximum absolute atomic E-state index is 9.43. The van der Waals surface area contributed by atoms with E-state index in [4.69, 9.17) is 0 Å². The SMILES string of the molecule is Cn1nc2ccc(O)cc2c1C1CC1. The number of phenolic OH excluding ortho intramolecular Hbond substituents is 1. The van der Waals surface area contributed by atoms with Crippen LogP contribution in [0.5, 0.6) is 5.75 Å². The lowest BCUT2D eigenvalue weighted by Gasteiger charge is -1.98. The van der Waals surface area contributed by atoms with E-state index in [0.717, 1.165) is 10.9 Å². The van der Waals surface area contributed by atoms with Crippen LogP contribution in [0, 0.1) is 0 Å². The first-order valence-electron chi connectivity index (χ1n) is 4.91. The molecular formula is C11H12N2O. The van der Waals surface area contributed by atoms with Gasteiger partial charge in [-0.15, -0.1) is 0 Å². The van der Waals surface area contributed by atoms with Crippen molar-refractivity contribution < 1.29 is 5.11 Å². The molecule has 3 heteroatoms. The van der Waals surface area contributed by atoms with Gasteiger partial charge in [0, 0.05) is 24.0 Å². The van der Waals surface area contributed by atoms with Gasteiger partial charge >= 0.3 is 0 Å². The molecule has 1 aliphatic carbocycles. The molecule has 0 spiro atoms. The van der Waals surface area contributed by atoms with Gasteiger partial charge in [-0.3, -0.25) is 4.68 Å². The van der Waals surface area contributed by atoms with Crippen LogP contribution in [0.4, 0.5) is 0 Å². The molecule has 3 rings (SSSR count). The van der Waals surface area contributed by atoms with E-state index in [9.17, 15) is 5.11 Å². The average molecular weight is 188 g/mol. The van der Waals surface area contributed by atoms with Gasteiger partial charge in [0.15, 0.2) is 0 Å². The van der Waals surface area contributed by atoms with Crippen LogP contribution in [0.15, 0.2) is 18.2 Å². The minimum atomic E-state index is 0.326. The fourth-order valence-corrected chi connectivity index (χ4v) is 2.05. The van der Waals surface area contributed by atoms with Crippen molar-refractivity contribution in [1.29, 1.82) is 0 Å². The standard InChI is InChI=1S/C11H12N2O/c1-13-11(7-2-3-7)9-6-8(14)4-5-10(9)12-13/h4-7,14H,2-3H2,1H3. The van der Waals surface area contributed by atoms with Crippen molar-refractivity contribution in [1.82, 2.24) is 9.78 Å². The molecule has 0 atom stereocenters. The van der Waals surface area contributed by atoms with Crippen LogP contribution in [0.25, 0.3) is 10.9 Å². The molecule has 1 aromatic carbocycles. The Morgan fingerprint density at radius 2 is 2.21 bits per heavy atom. The lowest BCUT2D eigenvalue weighted by atomic mass is 10.1. The first-order chi connectivity index (χ1) is 6.75. The Kier molecular flexibility index (Phi) is 1.40. The number of hydrogen-bond donors (Lipinski definition) is 1. The van der Waals surface area contributed by atoms with E-state index in [-0.39, 0.29) is 0 Å². The smallest absolute Gasteiger partial charge is 0.116 e. The van der Waals surface area contributed by atoms with Crippen molar-refractivity contribution in [2.24, 2.45) is 7.05 Å². The Labute approximate surface area is 82.0 Å². The average Bonchev–Trinajstić information content (AvgIpc) is 2.90. The third kappa shape index (κ3) is 1.02. The molecule has 1 N–H and O–H groups in total. The summed E-state index contributed by atoms with van der Waals surface area (Å²) in [6.45, 7) is 0. The molecule has 2 aromatic rings. The van der Waals surface area contributed by atoms with E-state index in [1.54, 1.807) is 6.07 Å². The number of rotatable bonds is 1. The predicted molar refractivity (Wildman–Crippen MR) is 54.4 cm³/mol. The Balaban J connectivity index is 2.34. The lowest BCUT2D eigenvalue weighted by molar-refractivity contribution is 0.476. The monoisotopic (exact) mass is 188 g/mol. The highest BCUT2D eigenvalue weighted by molar-refractivity contribution is 5.83. The third-order valence-corrected chi connectivity index (χ3v) is 2.83. The Morgan fingerprint density at radius 1 is 1.43 bits per heavy atom. The van der Waals surface area contributed by atoms with Gasteiger partial charge in [0.05, 0.1) is 5.52 Å². The molecule has 1 fully saturated rings. The van der Waals surface area contributed by atoms with Crippen molar-refractivity contribution in [3.05, 3.63) is 23.9 Å². The molecule has 0 bridgehead atoms. The number of aromatic nitrogens is 2. The van der Waals surface area contributed by atoms with E-state index in [1.807, 2.05) is 23.9 Å². The number of benzene rings is 1. The summed E-state index contributed by atoms with van der Waals surface area (Å²) in [5.74, 6) is 0.985. The summed E-state index contributed by atoms with van der Waals surface area (Å²) in [5.41, 5.74) is 2.25. The number of aromatic hydroxyl groups is 1. The largest absolute Gasteiger partial charge is 0.508 e. The zero-order chi connectivity index (χ0) is 9.71. The maximum Gasteiger partial charge on any atom is 0.116 e. The minimum Gasteiger partial charge on any atom is -0.508 e. The molecule has 0 unspecified atom stereocenters. The van der Waals surface area contributed by atoms with Gasteiger partial charge in [0.25, 0.3) is 0 Å². The van der Waals surface area contributed by atoms with E-state index in [0.29, 0.717) is 11.7 Å². The van der Waals surface area contributed by atoms with Crippen LogP contribution in [-0.2, 0) is 7.05 Å². The zero-order valence-electron chi connectivity index (χ0n) is 8.07. The summed E-state index contributed by atoms with van der Waals surface area (Å²) >= 11 is 0. The summed E-state index contributed by atoms with van der Waals surface area (Å²) < 4.78 is 1.95. The Morgan fingerprint density at radius 3 is 2.93 bits per heavy atom. The second-order valence-electron chi connectivity index (χ2n) is 3.98. The molecule has 1 saturated carbocycles. The van der Waals surface area contributed by atoms with Crippen molar-refractivity contribution in [2.45, 2.75) is 18.8 Å². The van der Waals surface area contributed by atoms with Crippen LogP contribution in [-0.4, -0.2) is 14.9 Å². The lowest BCUT2D eigenvalue weighted by Crippen LogP contribution is -1.95. The fourth-order valence-electron chi connectivity index (χ4n) is 2.05. The van der Waals surface area contributed by atoms with Crippen molar-refractivity contribution >= 4 is 10.9 Å². The van der Waals surface area contributed by atoms with Crippen LogP contribution < -0.4 is 0 Å². The van der Waals surface area contributed by atoms with Crippen LogP contribution in [0.1, 0.15) is 24.5 Å². The molecule has 0 saturated heterocycles. The topological polar surface area (TPSA) is 38.0 Å². The number of fused-ring (bicyclic) bond motifs is 1. The molecule has 1 aromatic heterocycles. The fraction of sp³-hybridized carbons (Fsp3) is 0.364. The number of hydrogen-bond acceptors (Lipinski definition) is 2. The van der Waals surface area contributed by atoms with Gasteiger partial charge in [-0.2, -0.15) is 5.10 Å². The maximum atomic E-state index is 9.43. The summed E-state index contributed by atoms with van der Waals surface area (Å²) in [7, 11) is 1.98.